The average Bonchev–Trinajstić information content (AvgIpc) is 3.38. The number of pyridine rings is 1. The zero-order valence-electron chi connectivity index (χ0n) is 25.9. The Morgan fingerprint density at radius 2 is 1.49 bits per heavy atom. The quantitative estimate of drug-likeness (QED) is 0.211. The fourth-order valence-electron chi connectivity index (χ4n) is 5.47. The van der Waals surface area contributed by atoms with Gasteiger partial charge < -0.3 is 14.2 Å². The van der Waals surface area contributed by atoms with E-state index >= 15 is 0 Å². The minimum Gasteiger partial charge on any atom is -0.473 e. The van der Waals surface area contributed by atoms with Crippen molar-refractivity contribution in [2.75, 3.05) is 23.0 Å². The first-order valence-electron chi connectivity index (χ1n) is 15.3. The van der Waals surface area contributed by atoms with Crippen molar-refractivity contribution in [3.8, 4) is 11.8 Å². The normalized spacial score (nSPS) is 14.7. The number of fused-ring (bicyclic) bond motifs is 1. The number of ether oxygens (including phenoxy) is 3. The van der Waals surface area contributed by atoms with Gasteiger partial charge in [0.1, 0.15) is 24.5 Å². The molecule has 0 unspecified atom stereocenters. The van der Waals surface area contributed by atoms with E-state index in [1.165, 1.54) is 0 Å². The van der Waals surface area contributed by atoms with Gasteiger partial charge in [0.15, 0.2) is 0 Å². The first-order valence-corrected chi connectivity index (χ1v) is 15.3. The number of rotatable bonds is 8. The molecule has 45 heavy (non-hydrogen) atoms. The zero-order valence-corrected chi connectivity index (χ0v) is 25.9. The third kappa shape index (κ3) is 7.03. The lowest BCUT2D eigenvalue weighted by atomic mass is 10.1. The van der Waals surface area contributed by atoms with Crippen molar-refractivity contribution in [1.29, 1.82) is 0 Å². The SMILES string of the molecule is CC(C)(C)OC(=O)N1CCCCN1c1ccc2c(c1)CN(c1ccc(OCc3ccccc3)nc1OCc1ccccc1)C2=O. The van der Waals surface area contributed by atoms with E-state index < -0.39 is 5.60 Å². The van der Waals surface area contributed by atoms with Crippen molar-refractivity contribution < 1.29 is 23.8 Å². The summed E-state index contributed by atoms with van der Waals surface area (Å²) in [7, 11) is 0. The molecular formula is C36H38N4O5. The fourth-order valence-corrected chi connectivity index (χ4v) is 5.47. The Morgan fingerprint density at radius 3 is 2.18 bits per heavy atom. The van der Waals surface area contributed by atoms with Crippen LogP contribution in [0.3, 0.4) is 0 Å². The van der Waals surface area contributed by atoms with Gasteiger partial charge in [-0.3, -0.25) is 14.7 Å². The Morgan fingerprint density at radius 1 is 0.822 bits per heavy atom. The Balaban J connectivity index is 1.25. The van der Waals surface area contributed by atoms with Crippen LogP contribution in [0.25, 0.3) is 0 Å². The molecule has 4 aromatic rings. The Bertz CT molecular complexity index is 1660. The summed E-state index contributed by atoms with van der Waals surface area (Å²) in [5, 5.41) is 3.62. The maximum atomic E-state index is 13.7. The summed E-state index contributed by atoms with van der Waals surface area (Å²) < 4.78 is 17.9. The number of hydrogen-bond acceptors (Lipinski definition) is 7. The average molecular weight is 607 g/mol. The van der Waals surface area contributed by atoms with E-state index in [1.54, 1.807) is 16.0 Å². The van der Waals surface area contributed by atoms with Gasteiger partial charge in [0.05, 0.1) is 12.2 Å². The Hall–Kier alpha value is -5.05. The molecule has 0 bridgehead atoms. The van der Waals surface area contributed by atoms with Gasteiger partial charge in [0, 0.05) is 24.7 Å². The van der Waals surface area contributed by atoms with E-state index in [4.69, 9.17) is 14.2 Å². The first-order chi connectivity index (χ1) is 21.7. The summed E-state index contributed by atoms with van der Waals surface area (Å²) >= 11 is 0. The highest BCUT2D eigenvalue weighted by Crippen LogP contribution is 2.37. The molecule has 6 rings (SSSR count). The predicted octanol–water partition coefficient (Wildman–Crippen LogP) is 7.15. The highest BCUT2D eigenvalue weighted by atomic mass is 16.6. The van der Waals surface area contributed by atoms with Gasteiger partial charge in [-0.1, -0.05) is 60.7 Å². The van der Waals surface area contributed by atoms with Gasteiger partial charge in [-0.2, -0.15) is 4.98 Å². The predicted molar refractivity (Wildman–Crippen MR) is 172 cm³/mol. The minimum atomic E-state index is -0.596. The smallest absolute Gasteiger partial charge is 0.429 e. The highest BCUT2D eigenvalue weighted by molar-refractivity contribution is 6.10. The lowest BCUT2D eigenvalue weighted by Crippen LogP contribution is -2.52. The zero-order chi connectivity index (χ0) is 31.4. The van der Waals surface area contributed by atoms with Crippen LogP contribution in [0.1, 0.15) is 60.7 Å². The standard InChI is InChI=1S/C36H38N4O5/c1-36(2,3)45-35(42)40-21-11-10-20-39(40)29-16-17-30-28(22-29)23-38(34(30)41)31-18-19-32(43-24-26-12-6-4-7-13-26)37-33(31)44-25-27-14-8-5-9-15-27/h4-9,12-19,22H,10-11,20-21,23-25H2,1-3H3. The van der Waals surface area contributed by atoms with Crippen molar-refractivity contribution >= 4 is 23.4 Å². The van der Waals surface area contributed by atoms with Crippen molar-refractivity contribution in [2.45, 2.75) is 59.0 Å². The van der Waals surface area contributed by atoms with Gasteiger partial charge in [-0.15, -0.1) is 0 Å². The van der Waals surface area contributed by atoms with E-state index in [1.807, 2.05) is 111 Å². The molecule has 9 nitrogen and oxygen atoms in total. The number of carbonyl (C=O) groups is 2. The minimum absolute atomic E-state index is 0.136. The molecular weight excluding hydrogens is 568 g/mol. The van der Waals surface area contributed by atoms with E-state index in [-0.39, 0.29) is 18.6 Å². The lowest BCUT2D eigenvalue weighted by Gasteiger charge is -2.40. The largest absolute Gasteiger partial charge is 0.473 e. The van der Waals surface area contributed by atoms with Crippen LogP contribution in [-0.4, -0.2) is 40.7 Å². The van der Waals surface area contributed by atoms with E-state index in [0.29, 0.717) is 49.3 Å². The van der Waals surface area contributed by atoms with Gasteiger partial charge in [0.2, 0.25) is 11.8 Å². The summed E-state index contributed by atoms with van der Waals surface area (Å²) in [6, 6.07) is 29.0. The molecule has 0 spiro atoms. The number of anilines is 2. The van der Waals surface area contributed by atoms with Gasteiger partial charge in [-0.05, 0) is 74.6 Å². The molecule has 2 amide bonds. The number of benzene rings is 3. The summed E-state index contributed by atoms with van der Waals surface area (Å²) in [6.07, 6.45) is 1.48. The van der Waals surface area contributed by atoms with Gasteiger partial charge in [-0.25, -0.2) is 9.80 Å². The van der Waals surface area contributed by atoms with E-state index in [0.717, 1.165) is 35.2 Å². The summed E-state index contributed by atoms with van der Waals surface area (Å²) in [4.78, 5) is 33.2. The molecule has 2 aliphatic rings. The van der Waals surface area contributed by atoms with Crippen molar-refractivity contribution in [3.63, 3.8) is 0 Å². The van der Waals surface area contributed by atoms with Crippen LogP contribution in [0, 0.1) is 0 Å². The molecule has 1 aromatic heterocycles. The number of hydrogen-bond donors (Lipinski definition) is 0. The third-order valence-corrected chi connectivity index (χ3v) is 7.63. The molecule has 1 saturated heterocycles. The second-order valence-electron chi connectivity index (χ2n) is 12.2. The van der Waals surface area contributed by atoms with Crippen LogP contribution >= 0.6 is 0 Å². The number of hydrazine groups is 1. The van der Waals surface area contributed by atoms with E-state index in [9.17, 15) is 9.59 Å². The molecule has 0 saturated carbocycles. The lowest BCUT2D eigenvalue weighted by molar-refractivity contribution is 0.0192. The second-order valence-corrected chi connectivity index (χ2v) is 12.2. The maximum absolute atomic E-state index is 13.7. The third-order valence-electron chi connectivity index (χ3n) is 7.63. The fraction of sp³-hybridized carbons (Fsp3) is 0.306. The Kier molecular flexibility index (Phi) is 8.60. The number of aromatic nitrogens is 1. The van der Waals surface area contributed by atoms with Crippen LogP contribution in [-0.2, 0) is 24.5 Å². The van der Waals surface area contributed by atoms with Gasteiger partial charge in [0.25, 0.3) is 5.91 Å². The topological polar surface area (TPSA) is 84.4 Å². The summed E-state index contributed by atoms with van der Waals surface area (Å²) in [5.41, 5.74) is 4.30. The molecule has 3 heterocycles. The maximum Gasteiger partial charge on any atom is 0.429 e. The first kappa shape index (κ1) is 30.0. The van der Waals surface area contributed by atoms with Crippen LogP contribution < -0.4 is 19.4 Å². The molecule has 9 heteroatoms. The molecule has 0 atom stereocenters. The van der Waals surface area contributed by atoms with Crippen LogP contribution in [0.2, 0.25) is 0 Å². The molecule has 2 aliphatic heterocycles. The van der Waals surface area contributed by atoms with Crippen LogP contribution in [0.5, 0.6) is 11.8 Å². The number of nitrogens with zero attached hydrogens (tertiary/aromatic N) is 4. The van der Waals surface area contributed by atoms with E-state index in [2.05, 4.69) is 4.98 Å². The number of amides is 2. The van der Waals surface area contributed by atoms with Crippen molar-refractivity contribution in [3.05, 3.63) is 113 Å². The number of carbonyl (C=O) groups excluding carboxylic acids is 2. The van der Waals surface area contributed by atoms with Crippen LogP contribution in [0.15, 0.2) is 91.0 Å². The van der Waals surface area contributed by atoms with Gasteiger partial charge >= 0.3 is 6.09 Å². The second kappa shape index (κ2) is 12.9. The summed E-state index contributed by atoms with van der Waals surface area (Å²) in [5.74, 6) is 0.589. The van der Waals surface area contributed by atoms with Crippen LogP contribution in [0.4, 0.5) is 16.2 Å². The molecule has 232 valence electrons. The Labute approximate surface area is 263 Å². The van der Waals surface area contributed by atoms with Crippen molar-refractivity contribution in [1.82, 2.24) is 9.99 Å². The monoisotopic (exact) mass is 606 g/mol. The molecule has 3 aromatic carbocycles. The molecule has 0 radical (unpaired) electrons. The van der Waals surface area contributed by atoms with Crippen molar-refractivity contribution in [2.24, 2.45) is 0 Å². The molecule has 1 fully saturated rings. The molecule has 0 N–H and O–H groups in total. The highest BCUT2D eigenvalue weighted by Gasteiger charge is 2.34. The molecule has 0 aliphatic carbocycles. The summed E-state index contributed by atoms with van der Waals surface area (Å²) in [6.45, 7) is 7.84.